The van der Waals surface area contributed by atoms with E-state index in [1.807, 2.05) is 60.7 Å². The topological polar surface area (TPSA) is 48.5 Å². The highest BCUT2D eigenvalue weighted by Crippen LogP contribution is 2.41. The monoisotopic (exact) mass is 731 g/mol. The van der Waals surface area contributed by atoms with Crippen LogP contribution in [0.5, 0.6) is 0 Å². The van der Waals surface area contributed by atoms with Crippen molar-refractivity contribution in [3.8, 4) is 51.0 Å². The van der Waals surface area contributed by atoms with E-state index in [2.05, 4.69) is 143 Å². The van der Waals surface area contributed by atoms with E-state index in [0.717, 1.165) is 44.9 Å². The molecule has 1 aliphatic rings. The van der Waals surface area contributed by atoms with E-state index in [9.17, 15) is 0 Å². The van der Waals surface area contributed by atoms with Crippen molar-refractivity contribution in [1.29, 1.82) is 0 Å². The van der Waals surface area contributed by atoms with Crippen molar-refractivity contribution in [2.75, 3.05) is 0 Å². The van der Waals surface area contributed by atoms with Gasteiger partial charge in [-0.15, -0.1) is 0 Å². The molecule has 0 saturated carbocycles. The number of hydrogen-bond acceptors (Lipinski definition) is 3. The molecule has 57 heavy (non-hydrogen) atoms. The van der Waals surface area contributed by atoms with Crippen LogP contribution in [0, 0.1) is 5.92 Å². The van der Waals surface area contributed by atoms with Crippen molar-refractivity contribution in [3.63, 3.8) is 0 Å². The second-order valence-electron chi connectivity index (χ2n) is 15.0. The van der Waals surface area contributed by atoms with Crippen LogP contribution < -0.4 is 0 Å². The number of benzene rings is 7. The Morgan fingerprint density at radius 2 is 1.04 bits per heavy atom. The second kappa shape index (κ2) is 13.4. The van der Waals surface area contributed by atoms with Crippen LogP contribution in [0.3, 0.4) is 0 Å². The zero-order valence-corrected chi connectivity index (χ0v) is 31.4. The van der Waals surface area contributed by atoms with Gasteiger partial charge in [0.05, 0.1) is 22.1 Å². The van der Waals surface area contributed by atoms with Gasteiger partial charge in [-0.05, 0) is 77.1 Å². The van der Waals surface area contributed by atoms with E-state index < -0.39 is 0 Å². The molecule has 0 aliphatic heterocycles. The molecule has 0 amide bonds. The quantitative estimate of drug-likeness (QED) is 0.171. The highest BCUT2D eigenvalue weighted by molar-refractivity contribution is 6.16. The van der Waals surface area contributed by atoms with Crippen molar-refractivity contribution in [2.24, 2.45) is 5.92 Å². The third-order valence-corrected chi connectivity index (χ3v) is 11.3. The Balaban J connectivity index is 1.06. The standard InChI is InChI=1S/C52H37N5/c1-34-15-12-22-40(31-34)56-46-27-11-9-24-43(46)49-41(25-14-28-48(49)56)39-21-13-20-37(32-39)38-29-30-47-44(33-38)42-23-8-10-26-45(42)57(47)52-54-50(35-16-4-2-5-17-35)53-51(55-52)36-18-6-3-7-19-36/h2-30,32-34H,31H2,1H3. The molecule has 1 atom stereocenters. The number of rotatable bonds is 6. The number of nitrogens with zero attached hydrogens (tertiary/aromatic N) is 5. The Labute approximate surface area is 330 Å². The van der Waals surface area contributed by atoms with Crippen LogP contribution in [0.2, 0.25) is 0 Å². The summed E-state index contributed by atoms with van der Waals surface area (Å²) >= 11 is 0. The van der Waals surface area contributed by atoms with Crippen molar-refractivity contribution in [1.82, 2.24) is 24.1 Å². The predicted molar refractivity (Wildman–Crippen MR) is 236 cm³/mol. The molecule has 0 fully saturated rings. The Morgan fingerprint density at radius 3 is 1.77 bits per heavy atom. The van der Waals surface area contributed by atoms with Gasteiger partial charge in [0.25, 0.3) is 0 Å². The van der Waals surface area contributed by atoms with Crippen molar-refractivity contribution >= 4 is 49.3 Å². The Bertz CT molecular complexity index is 3160. The van der Waals surface area contributed by atoms with E-state index in [1.54, 1.807) is 0 Å². The van der Waals surface area contributed by atoms with Gasteiger partial charge < -0.3 is 4.57 Å². The minimum atomic E-state index is 0.503. The number of para-hydroxylation sites is 2. The molecule has 1 aliphatic carbocycles. The summed E-state index contributed by atoms with van der Waals surface area (Å²) in [6, 6.07) is 60.2. The SMILES string of the molecule is CC1C=CC=C(n2c3ccccc3c3c(-c4cccc(-c5ccc6c(c5)c5ccccc5n6-c5nc(-c6ccccc6)nc(-c6ccccc6)n5)c4)cccc32)C1. The van der Waals surface area contributed by atoms with Crippen LogP contribution in [0.4, 0.5) is 0 Å². The summed E-state index contributed by atoms with van der Waals surface area (Å²) in [4.78, 5) is 15.2. The van der Waals surface area contributed by atoms with Crippen LogP contribution in [-0.4, -0.2) is 24.1 Å². The molecule has 11 rings (SSSR count). The number of allylic oxidation sites excluding steroid dienone is 4. The molecule has 5 nitrogen and oxygen atoms in total. The highest BCUT2D eigenvalue weighted by atomic mass is 15.2. The molecular formula is C52H37N5. The molecule has 0 radical (unpaired) electrons. The van der Waals surface area contributed by atoms with Crippen LogP contribution in [0.1, 0.15) is 13.3 Å². The van der Waals surface area contributed by atoms with Gasteiger partial charge in [-0.3, -0.25) is 4.57 Å². The first-order valence-electron chi connectivity index (χ1n) is 19.6. The summed E-state index contributed by atoms with van der Waals surface area (Å²) in [5, 5.41) is 4.85. The molecule has 0 spiro atoms. The molecule has 0 N–H and O–H groups in total. The van der Waals surface area contributed by atoms with E-state index in [0.29, 0.717) is 23.5 Å². The average Bonchev–Trinajstić information content (AvgIpc) is 3.80. The summed E-state index contributed by atoms with van der Waals surface area (Å²) in [7, 11) is 0. The molecule has 0 saturated heterocycles. The lowest BCUT2D eigenvalue weighted by molar-refractivity contribution is 0.730. The molecule has 3 aromatic heterocycles. The largest absolute Gasteiger partial charge is 0.313 e. The summed E-state index contributed by atoms with van der Waals surface area (Å²) < 4.78 is 4.65. The molecule has 1 unspecified atom stereocenters. The van der Waals surface area contributed by atoms with Crippen LogP contribution >= 0.6 is 0 Å². The first kappa shape index (κ1) is 33.0. The van der Waals surface area contributed by atoms with E-state index in [1.165, 1.54) is 44.2 Å². The number of hydrogen-bond donors (Lipinski definition) is 0. The van der Waals surface area contributed by atoms with Gasteiger partial charge in [0.15, 0.2) is 11.6 Å². The molecule has 0 bridgehead atoms. The summed E-state index contributed by atoms with van der Waals surface area (Å²) in [6.45, 7) is 2.29. The van der Waals surface area contributed by atoms with Crippen LogP contribution in [0.15, 0.2) is 188 Å². The smallest absolute Gasteiger partial charge is 0.238 e. The maximum absolute atomic E-state index is 5.11. The third-order valence-electron chi connectivity index (χ3n) is 11.3. The van der Waals surface area contributed by atoms with Crippen LogP contribution in [0.25, 0.3) is 100 Å². The molecule has 3 heterocycles. The first-order chi connectivity index (χ1) is 28.2. The summed E-state index contributed by atoms with van der Waals surface area (Å²) in [6.07, 6.45) is 7.79. The van der Waals surface area contributed by atoms with Gasteiger partial charge in [-0.25, -0.2) is 4.98 Å². The van der Waals surface area contributed by atoms with Crippen molar-refractivity contribution in [3.05, 3.63) is 188 Å². The maximum Gasteiger partial charge on any atom is 0.238 e. The Morgan fingerprint density at radius 1 is 0.456 bits per heavy atom. The second-order valence-corrected chi connectivity index (χ2v) is 15.0. The lowest BCUT2D eigenvalue weighted by atomic mass is 9.95. The van der Waals surface area contributed by atoms with Gasteiger partial charge in [-0.1, -0.05) is 153 Å². The van der Waals surface area contributed by atoms with Gasteiger partial charge >= 0.3 is 0 Å². The molecule has 7 aromatic carbocycles. The van der Waals surface area contributed by atoms with Crippen molar-refractivity contribution < 1.29 is 0 Å². The highest BCUT2D eigenvalue weighted by Gasteiger charge is 2.21. The van der Waals surface area contributed by atoms with Crippen molar-refractivity contribution in [2.45, 2.75) is 13.3 Å². The third kappa shape index (κ3) is 5.58. The van der Waals surface area contributed by atoms with Gasteiger partial charge in [0.2, 0.25) is 5.95 Å². The fourth-order valence-electron chi connectivity index (χ4n) is 8.69. The van der Waals surface area contributed by atoms with E-state index >= 15 is 0 Å². The lowest BCUT2D eigenvalue weighted by Gasteiger charge is -2.18. The summed E-state index contributed by atoms with van der Waals surface area (Å²) in [5.41, 5.74) is 12.5. The van der Waals surface area contributed by atoms with E-state index in [-0.39, 0.29) is 0 Å². The maximum atomic E-state index is 5.11. The molecular weight excluding hydrogens is 695 g/mol. The van der Waals surface area contributed by atoms with Gasteiger partial charge in [0, 0.05) is 38.4 Å². The normalized spacial score (nSPS) is 14.2. The van der Waals surface area contributed by atoms with Crippen LogP contribution in [-0.2, 0) is 0 Å². The zero-order valence-electron chi connectivity index (χ0n) is 31.4. The minimum Gasteiger partial charge on any atom is -0.313 e. The fraction of sp³-hybridized carbons (Fsp3) is 0.0577. The fourth-order valence-corrected chi connectivity index (χ4v) is 8.69. The van der Waals surface area contributed by atoms with Gasteiger partial charge in [-0.2, -0.15) is 9.97 Å². The average molecular weight is 732 g/mol. The lowest BCUT2D eigenvalue weighted by Crippen LogP contribution is -2.06. The summed E-state index contributed by atoms with van der Waals surface area (Å²) in [5.74, 6) is 2.37. The minimum absolute atomic E-state index is 0.503. The molecule has 5 heteroatoms. The first-order valence-corrected chi connectivity index (χ1v) is 19.6. The molecule has 270 valence electrons. The predicted octanol–water partition coefficient (Wildman–Crippen LogP) is 13.2. The van der Waals surface area contributed by atoms with Gasteiger partial charge in [0.1, 0.15) is 0 Å². The zero-order chi connectivity index (χ0) is 37.9. The number of fused-ring (bicyclic) bond motifs is 6. The Kier molecular flexibility index (Phi) is 7.78. The Hall–Kier alpha value is -7.37. The molecule has 10 aromatic rings. The number of aromatic nitrogens is 5. The van der Waals surface area contributed by atoms with E-state index in [4.69, 9.17) is 15.0 Å².